The number of para-hydroxylation sites is 2. The third-order valence-electron chi connectivity index (χ3n) is 8.38. The topological polar surface area (TPSA) is 90.4 Å². The number of likely N-dealkylation sites (N-methyl/N-ethyl adjacent to an activating group) is 1. The highest BCUT2D eigenvalue weighted by molar-refractivity contribution is 6.39. The lowest BCUT2D eigenvalue weighted by molar-refractivity contribution is 0.0880. The van der Waals surface area contributed by atoms with Crippen LogP contribution in [0.5, 0.6) is 5.75 Å². The summed E-state index contributed by atoms with van der Waals surface area (Å²) < 4.78 is 2.36. The molecule has 0 unspecified atom stereocenters. The van der Waals surface area contributed by atoms with Crippen molar-refractivity contribution in [1.29, 1.82) is 0 Å². The number of nitrogens with one attached hydrogen (secondary N) is 2. The molecule has 0 saturated carbocycles. The van der Waals surface area contributed by atoms with Crippen molar-refractivity contribution in [3.8, 4) is 5.75 Å². The number of fused-ring (bicyclic) bond motifs is 10. The van der Waals surface area contributed by atoms with E-state index in [2.05, 4.69) is 38.9 Å². The van der Waals surface area contributed by atoms with Gasteiger partial charge in [-0.2, -0.15) is 0 Å². The summed E-state index contributed by atoms with van der Waals surface area (Å²) >= 11 is 0. The first-order chi connectivity index (χ1) is 18.5. The third kappa shape index (κ3) is 2.76. The number of aromatic amines is 1. The van der Waals surface area contributed by atoms with Gasteiger partial charge in [0.2, 0.25) is 0 Å². The predicted molar refractivity (Wildman–Crippen MR) is 148 cm³/mol. The molecule has 0 radical (unpaired) electrons. The molecule has 3 N–H and O–H groups in total. The van der Waals surface area contributed by atoms with Gasteiger partial charge in [-0.25, -0.2) is 0 Å². The summed E-state index contributed by atoms with van der Waals surface area (Å²) in [5.41, 5.74) is 7.20. The van der Waals surface area contributed by atoms with E-state index in [-0.39, 0.29) is 23.6 Å². The SMILES string of the molecule is CN1Cc2cccc3c4c5c(c6c7ccccc7[nH]c6c4n(c23)C[C@@H]1Cc1ccc(O)cc1)C(=O)NC5=O. The van der Waals surface area contributed by atoms with Crippen LogP contribution in [0, 0.1) is 0 Å². The van der Waals surface area contributed by atoms with Crippen LogP contribution in [0.2, 0.25) is 0 Å². The van der Waals surface area contributed by atoms with E-state index in [4.69, 9.17) is 0 Å². The lowest BCUT2D eigenvalue weighted by Gasteiger charge is -2.27. The quantitative estimate of drug-likeness (QED) is 0.290. The molecule has 8 rings (SSSR count). The maximum atomic E-state index is 13.3. The molecule has 38 heavy (non-hydrogen) atoms. The first kappa shape index (κ1) is 21.5. The Labute approximate surface area is 217 Å². The second-order valence-corrected chi connectivity index (χ2v) is 10.5. The number of H-pyrrole nitrogens is 1. The molecule has 0 spiro atoms. The smallest absolute Gasteiger partial charge is 0.259 e. The average Bonchev–Trinajstić information content (AvgIpc) is 3.51. The number of rotatable bonds is 2. The van der Waals surface area contributed by atoms with E-state index in [0.29, 0.717) is 17.7 Å². The number of carbonyl (C=O) groups is 2. The molecule has 2 aliphatic heterocycles. The van der Waals surface area contributed by atoms with Crippen LogP contribution in [0.25, 0.3) is 43.6 Å². The fraction of sp³-hybridized carbons (Fsp3) is 0.161. The highest BCUT2D eigenvalue weighted by Crippen LogP contribution is 2.45. The molecule has 0 fully saturated rings. The number of nitrogens with zero attached hydrogens (tertiary/aromatic N) is 2. The van der Waals surface area contributed by atoms with Crippen molar-refractivity contribution in [2.75, 3.05) is 7.05 Å². The minimum atomic E-state index is -0.337. The van der Waals surface area contributed by atoms with Crippen molar-refractivity contribution < 1.29 is 14.7 Å². The number of carbonyl (C=O) groups excluding carboxylic acids is 2. The number of imide groups is 1. The first-order valence-electron chi connectivity index (χ1n) is 12.8. The van der Waals surface area contributed by atoms with Gasteiger partial charge in [0.05, 0.1) is 27.7 Å². The van der Waals surface area contributed by atoms with E-state index in [9.17, 15) is 14.7 Å². The second kappa shape index (κ2) is 7.46. The molecule has 2 aliphatic rings. The molecule has 6 aromatic rings. The number of phenols is 1. The van der Waals surface area contributed by atoms with Crippen molar-refractivity contribution in [3.63, 3.8) is 0 Å². The fourth-order valence-electron chi connectivity index (χ4n) is 6.69. The zero-order chi connectivity index (χ0) is 25.7. The highest BCUT2D eigenvalue weighted by atomic mass is 16.3. The Hall–Kier alpha value is -4.62. The van der Waals surface area contributed by atoms with Gasteiger partial charge >= 0.3 is 0 Å². The summed E-state index contributed by atoms with van der Waals surface area (Å²) in [4.78, 5) is 32.5. The molecule has 0 bridgehead atoms. The molecule has 0 aliphatic carbocycles. The Morgan fingerprint density at radius 1 is 0.868 bits per heavy atom. The molecule has 4 aromatic carbocycles. The molecular formula is C31H24N4O3. The zero-order valence-corrected chi connectivity index (χ0v) is 20.7. The number of aromatic hydroxyl groups is 1. The minimum Gasteiger partial charge on any atom is -0.508 e. The molecule has 4 heterocycles. The third-order valence-corrected chi connectivity index (χ3v) is 8.38. The van der Waals surface area contributed by atoms with Crippen LogP contribution in [0.4, 0.5) is 0 Å². The Bertz CT molecular complexity index is 2000. The van der Waals surface area contributed by atoms with Crippen LogP contribution in [0.3, 0.4) is 0 Å². The molecular weight excluding hydrogens is 476 g/mol. The number of hydrogen-bond acceptors (Lipinski definition) is 4. The van der Waals surface area contributed by atoms with Crippen molar-refractivity contribution >= 4 is 55.4 Å². The Kier molecular flexibility index (Phi) is 4.21. The van der Waals surface area contributed by atoms with Gasteiger partial charge in [0, 0.05) is 46.2 Å². The van der Waals surface area contributed by atoms with E-state index in [0.717, 1.165) is 62.1 Å². The minimum absolute atomic E-state index is 0.175. The normalized spacial score (nSPS) is 17.6. The van der Waals surface area contributed by atoms with Gasteiger partial charge in [0.1, 0.15) is 5.75 Å². The lowest BCUT2D eigenvalue weighted by atomic mass is 9.96. The maximum Gasteiger partial charge on any atom is 0.259 e. The van der Waals surface area contributed by atoms with Crippen LogP contribution < -0.4 is 5.32 Å². The van der Waals surface area contributed by atoms with Gasteiger partial charge in [0.25, 0.3) is 11.8 Å². The van der Waals surface area contributed by atoms with Crippen molar-refractivity contribution in [3.05, 3.63) is 89.0 Å². The molecule has 1 atom stereocenters. The van der Waals surface area contributed by atoms with Gasteiger partial charge < -0.3 is 14.7 Å². The monoisotopic (exact) mass is 500 g/mol. The summed E-state index contributed by atoms with van der Waals surface area (Å²) in [6.07, 6.45) is 0.811. The number of benzene rings is 4. The van der Waals surface area contributed by atoms with Crippen LogP contribution >= 0.6 is 0 Å². The van der Waals surface area contributed by atoms with Crippen LogP contribution in [0.15, 0.2) is 66.7 Å². The van der Waals surface area contributed by atoms with Crippen LogP contribution in [0.1, 0.15) is 31.8 Å². The molecule has 0 saturated heterocycles. The molecule has 7 heteroatoms. The summed E-state index contributed by atoms with van der Waals surface area (Å²) in [6, 6.07) is 21.8. The maximum absolute atomic E-state index is 13.3. The highest BCUT2D eigenvalue weighted by Gasteiger charge is 2.37. The molecule has 7 nitrogen and oxygen atoms in total. The van der Waals surface area contributed by atoms with Crippen molar-refractivity contribution in [2.24, 2.45) is 0 Å². The number of phenolic OH excluding ortho intramolecular Hbond substituents is 1. The van der Waals surface area contributed by atoms with Gasteiger partial charge in [0.15, 0.2) is 0 Å². The molecule has 2 amide bonds. The summed E-state index contributed by atoms with van der Waals surface area (Å²) in [5.74, 6) is -0.409. The van der Waals surface area contributed by atoms with Gasteiger partial charge in [-0.05, 0) is 42.8 Å². The van der Waals surface area contributed by atoms with E-state index >= 15 is 0 Å². The first-order valence-corrected chi connectivity index (χ1v) is 12.8. The standard InChI is InChI=1S/C31H24N4O3/c1-34-14-17-5-4-7-21-24-26-25(30(37)33-31(26)38)23-20-6-2-3-8-22(20)32-27(23)29(24)35(28(17)21)15-18(34)13-16-9-11-19(36)12-10-16/h2-12,18,32,36H,13-15H2,1H3,(H,33,37,38)/t18-/m0/s1. The Balaban J connectivity index is 1.49. The van der Waals surface area contributed by atoms with E-state index in [1.165, 1.54) is 5.56 Å². The van der Waals surface area contributed by atoms with Gasteiger partial charge in [-0.15, -0.1) is 0 Å². The average molecular weight is 501 g/mol. The molecule has 186 valence electrons. The number of amides is 2. The van der Waals surface area contributed by atoms with Crippen LogP contribution in [-0.2, 0) is 19.5 Å². The van der Waals surface area contributed by atoms with E-state index < -0.39 is 0 Å². The zero-order valence-electron chi connectivity index (χ0n) is 20.7. The van der Waals surface area contributed by atoms with E-state index in [1.807, 2.05) is 42.5 Å². The predicted octanol–water partition coefficient (Wildman–Crippen LogP) is 5.07. The summed E-state index contributed by atoms with van der Waals surface area (Å²) in [6.45, 7) is 1.48. The Morgan fingerprint density at radius 3 is 2.42 bits per heavy atom. The van der Waals surface area contributed by atoms with E-state index in [1.54, 1.807) is 12.1 Å². The van der Waals surface area contributed by atoms with Gasteiger partial charge in [-0.3, -0.25) is 19.8 Å². The second-order valence-electron chi connectivity index (χ2n) is 10.5. The summed E-state index contributed by atoms with van der Waals surface area (Å²) in [7, 11) is 2.15. The Morgan fingerprint density at radius 2 is 1.61 bits per heavy atom. The van der Waals surface area contributed by atoms with Gasteiger partial charge in [-0.1, -0.05) is 48.5 Å². The largest absolute Gasteiger partial charge is 0.508 e. The number of aromatic nitrogens is 2. The lowest BCUT2D eigenvalue weighted by Crippen LogP contribution is -2.35. The summed E-state index contributed by atoms with van der Waals surface area (Å²) in [5, 5.41) is 15.9. The van der Waals surface area contributed by atoms with Crippen LogP contribution in [-0.4, -0.2) is 44.5 Å². The van der Waals surface area contributed by atoms with Crippen molar-refractivity contribution in [1.82, 2.24) is 19.8 Å². The fourth-order valence-corrected chi connectivity index (χ4v) is 6.69. The number of hydrogen-bond donors (Lipinski definition) is 3. The van der Waals surface area contributed by atoms with Crippen molar-refractivity contribution in [2.45, 2.75) is 25.6 Å². The molecule has 2 aromatic heterocycles.